The van der Waals surface area contributed by atoms with Crippen LogP contribution >= 0.6 is 11.8 Å². The number of fused-ring (bicyclic) bond motifs is 1. The molecule has 0 unspecified atom stereocenters. The molecule has 0 saturated carbocycles. The summed E-state index contributed by atoms with van der Waals surface area (Å²) < 4.78 is 0. The zero-order valence-electron chi connectivity index (χ0n) is 9.28. The zero-order valence-corrected chi connectivity index (χ0v) is 10.1. The standard InChI is InChI=1S/C11H16N4S/c1-2-12-7-9-10(1)13-8-14-11(9)15-3-5-16-6-4-15/h8,12H,1-7H2. The van der Waals surface area contributed by atoms with Crippen LogP contribution < -0.4 is 10.2 Å². The van der Waals surface area contributed by atoms with Crippen LogP contribution in [0.25, 0.3) is 0 Å². The number of nitrogens with one attached hydrogen (secondary N) is 1. The summed E-state index contributed by atoms with van der Waals surface area (Å²) >= 11 is 2.03. The van der Waals surface area contributed by atoms with Crippen LogP contribution in [0.15, 0.2) is 6.33 Å². The molecular weight excluding hydrogens is 220 g/mol. The minimum Gasteiger partial charge on any atom is -0.355 e. The second-order valence-electron chi connectivity index (χ2n) is 4.15. The summed E-state index contributed by atoms with van der Waals surface area (Å²) in [6.45, 7) is 4.21. The molecule has 0 atom stereocenters. The van der Waals surface area contributed by atoms with Gasteiger partial charge in [-0.15, -0.1) is 0 Å². The van der Waals surface area contributed by atoms with Crippen molar-refractivity contribution >= 4 is 17.6 Å². The Morgan fingerprint density at radius 1 is 1.25 bits per heavy atom. The average Bonchev–Trinajstić information content (AvgIpc) is 2.39. The number of anilines is 1. The van der Waals surface area contributed by atoms with Gasteiger partial charge in [-0.2, -0.15) is 11.8 Å². The van der Waals surface area contributed by atoms with E-state index in [1.807, 2.05) is 11.8 Å². The van der Waals surface area contributed by atoms with Gasteiger partial charge >= 0.3 is 0 Å². The second kappa shape index (κ2) is 4.59. The molecule has 0 bridgehead atoms. The third kappa shape index (κ3) is 1.89. The lowest BCUT2D eigenvalue weighted by atomic mass is 10.1. The molecule has 5 heteroatoms. The Kier molecular flexibility index (Phi) is 2.97. The molecule has 1 fully saturated rings. The van der Waals surface area contributed by atoms with Crippen LogP contribution in [-0.4, -0.2) is 41.1 Å². The zero-order chi connectivity index (χ0) is 10.8. The Morgan fingerprint density at radius 2 is 2.12 bits per heavy atom. The lowest BCUT2D eigenvalue weighted by Gasteiger charge is -2.30. The average molecular weight is 236 g/mol. The molecule has 1 saturated heterocycles. The molecule has 0 spiro atoms. The van der Waals surface area contributed by atoms with Gasteiger partial charge in [0.25, 0.3) is 0 Å². The molecule has 2 aliphatic heterocycles. The fourth-order valence-electron chi connectivity index (χ4n) is 2.30. The molecular formula is C11H16N4S. The van der Waals surface area contributed by atoms with Gasteiger partial charge < -0.3 is 10.2 Å². The minimum atomic E-state index is 0.926. The Hall–Kier alpha value is -0.810. The van der Waals surface area contributed by atoms with E-state index in [9.17, 15) is 0 Å². The molecule has 1 N–H and O–H groups in total. The van der Waals surface area contributed by atoms with Gasteiger partial charge in [0.1, 0.15) is 12.1 Å². The van der Waals surface area contributed by atoms with Crippen LogP contribution in [0, 0.1) is 0 Å². The van der Waals surface area contributed by atoms with Crippen molar-refractivity contribution in [2.45, 2.75) is 13.0 Å². The van der Waals surface area contributed by atoms with Crippen LogP contribution in [0.1, 0.15) is 11.3 Å². The van der Waals surface area contributed by atoms with Crippen LogP contribution in [0.4, 0.5) is 5.82 Å². The molecule has 2 aliphatic rings. The first kappa shape index (κ1) is 10.4. The Labute approximate surface area is 99.8 Å². The number of nitrogens with zero attached hydrogens (tertiary/aromatic N) is 3. The van der Waals surface area contributed by atoms with Crippen molar-refractivity contribution in [2.24, 2.45) is 0 Å². The SMILES string of the molecule is c1nc2c(c(N3CCSCC3)n1)CNCC2. The predicted molar refractivity (Wildman–Crippen MR) is 67.0 cm³/mol. The number of aromatic nitrogens is 2. The van der Waals surface area contributed by atoms with E-state index in [0.29, 0.717) is 0 Å². The molecule has 3 heterocycles. The third-order valence-corrected chi connectivity index (χ3v) is 4.11. The van der Waals surface area contributed by atoms with Gasteiger partial charge in [-0.25, -0.2) is 9.97 Å². The van der Waals surface area contributed by atoms with Crippen molar-refractivity contribution in [3.05, 3.63) is 17.6 Å². The summed E-state index contributed by atoms with van der Waals surface area (Å²) in [4.78, 5) is 11.3. The molecule has 86 valence electrons. The van der Waals surface area contributed by atoms with E-state index < -0.39 is 0 Å². The molecule has 1 aromatic heterocycles. The van der Waals surface area contributed by atoms with Gasteiger partial charge in [0.05, 0.1) is 5.69 Å². The van der Waals surface area contributed by atoms with Gasteiger partial charge in [-0.05, 0) is 0 Å². The maximum absolute atomic E-state index is 4.48. The summed E-state index contributed by atoms with van der Waals surface area (Å²) in [5.41, 5.74) is 2.56. The van der Waals surface area contributed by atoms with E-state index >= 15 is 0 Å². The first-order valence-electron chi connectivity index (χ1n) is 5.81. The van der Waals surface area contributed by atoms with E-state index in [0.717, 1.165) is 38.4 Å². The Morgan fingerprint density at radius 3 is 3.00 bits per heavy atom. The monoisotopic (exact) mass is 236 g/mol. The van der Waals surface area contributed by atoms with E-state index in [1.54, 1.807) is 6.33 Å². The van der Waals surface area contributed by atoms with Crippen molar-refractivity contribution in [3.63, 3.8) is 0 Å². The topological polar surface area (TPSA) is 41.1 Å². The van der Waals surface area contributed by atoms with Gasteiger partial charge in [0.15, 0.2) is 0 Å². The molecule has 16 heavy (non-hydrogen) atoms. The van der Waals surface area contributed by atoms with Crippen LogP contribution in [0.5, 0.6) is 0 Å². The maximum atomic E-state index is 4.48. The summed E-state index contributed by atoms with van der Waals surface area (Å²) in [5.74, 6) is 3.59. The van der Waals surface area contributed by atoms with Crippen molar-refractivity contribution in [2.75, 3.05) is 36.0 Å². The quantitative estimate of drug-likeness (QED) is 0.776. The molecule has 0 aromatic carbocycles. The van der Waals surface area contributed by atoms with Gasteiger partial charge in [0, 0.05) is 49.7 Å². The molecule has 0 radical (unpaired) electrons. The van der Waals surface area contributed by atoms with Crippen LogP contribution in [0.2, 0.25) is 0 Å². The molecule has 1 aromatic rings. The minimum absolute atomic E-state index is 0.926. The lowest BCUT2D eigenvalue weighted by molar-refractivity contribution is 0.621. The van der Waals surface area contributed by atoms with E-state index in [4.69, 9.17) is 0 Å². The predicted octanol–water partition coefficient (Wildman–Crippen LogP) is 0.675. The summed E-state index contributed by atoms with van der Waals surface area (Å²) in [6, 6.07) is 0. The molecule has 3 rings (SSSR count). The lowest BCUT2D eigenvalue weighted by Crippen LogP contribution is -2.36. The second-order valence-corrected chi connectivity index (χ2v) is 5.37. The fourth-order valence-corrected chi connectivity index (χ4v) is 3.21. The van der Waals surface area contributed by atoms with Crippen molar-refractivity contribution in [1.29, 1.82) is 0 Å². The van der Waals surface area contributed by atoms with Crippen molar-refractivity contribution < 1.29 is 0 Å². The van der Waals surface area contributed by atoms with Gasteiger partial charge in [-0.3, -0.25) is 0 Å². The Bertz CT molecular complexity index is 376. The highest BCUT2D eigenvalue weighted by Gasteiger charge is 2.20. The number of hydrogen-bond donors (Lipinski definition) is 1. The third-order valence-electron chi connectivity index (χ3n) is 3.16. The first-order valence-corrected chi connectivity index (χ1v) is 6.97. The maximum Gasteiger partial charge on any atom is 0.136 e. The van der Waals surface area contributed by atoms with E-state index in [-0.39, 0.29) is 0 Å². The van der Waals surface area contributed by atoms with E-state index in [2.05, 4.69) is 20.2 Å². The summed E-state index contributed by atoms with van der Waals surface area (Å²) in [5, 5.41) is 3.41. The molecule has 0 aliphatic carbocycles. The fraction of sp³-hybridized carbons (Fsp3) is 0.636. The van der Waals surface area contributed by atoms with Crippen LogP contribution in [-0.2, 0) is 13.0 Å². The van der Waals surface area contributed by atoms with Gasteiger partial charge in [0.2, 0.25) is 0 Å². The summed E-state index contributed by atoms with van der Waals surface area (Å²) in [7, 11) is 0. The first-order chi connectivity index (χ1) is 7.95. The summed E-state index contributed by atoms with van der Waals surface area (Å²) in [6.07, 6.45) is 2.76. The largest absolute Gasteiger partial charge is 0.355 e. The Balaban J connectivity index is 1.93. The highest BCUT2D eigenvalue weighted by Crippen LogP contribution is 2.24. The number of rotatable bonds is 1. The number of hydrogen-bond acceptors (Lipinski definition) is 5. The smallest absolute Gasteiger partial charge is 0.136 e. The highest BCUT2D eigenvalue weighted by molar-refractivity contribution is 7.99. The highest BCUT2D eigenvalue weighted by atomic mass is 32.2. The molecule has 4 nitrogen and oxygen atoms in total. The van der Waals surface area contributed by atoms with Gasteiger partial charge in [-0.1, -0.05) is 0 Å². The molecule has 0 amide bonds. The normalized spacial score (nSPS) is 20.6. The van der Waals surface area contributed by atoms with Crippen LogP contribution in [0.3, 0.4) is 0 Å². The van der Waals surface area contributed by atoms with Crippen molar-refractivity contribution in [3.8, 4) is 0 Å². The van der Waals surface area contributed by atoms with E-state index in [1.165, 1.54) is 22.8 Å². The number of thioether (sulfide) groups is 1. The van der Waals surface area contributed by atoms with Crippen molar-refractivity contribution in [1.82, 2.24) is 15.3 Å².